The molecule has 33 heavy (non-hydrogen) atoms. The second kappa shape index (κ2) is 8.73. The van der Waals surface area contributed by atoms with Crippen LogP contribution < -0.4 is 10.2 Å². The van der Waals surface area contributed by atoms with Crippen molar-refractivity contribution in [2.24, 2.45) is 0 Å². The normalized spacial score (nSPS) is 13.4. The third-order valence-electron chi connectivity index (χ3n) is 4.94. The van der Waals surface area contributed by atoms with Gasteiger partial charge in [-0.2, -0.15) is 10.4 Å². The van der Waals surface area contributed by atoms with Crippen molar-refractivity contribution in [3.8, 4) is 11.8 Å². The van der Waals surface area contributed by atoms with Crippen LogP contribution in [-0.2, 0) is 0 Å². The Morgan fingerprint density at radius 3 is 2.67 bits per heavy atom. The zero-order valence-electron chi connectivity index (χ0n) is 16.5. The molecule has 0 atom stereocenters. The van der Waals surface area contributed by atoms with Crippen molar-refractivity contribution < 1.29 is 13.2 Å². The molecule has 4 aromatic rings. The molecule has 0 radical (unpaired) electrons. The number of hydrogen-bond acceptors (Lipinski definition) is 7. The van der Waals surface area contributed by atoms with E-state index in [9.17, 15) is 18.4 Å². The van der Waals surface area contributed by atoms with Gasteiger partial charge in [0.25, 0.3) is 0 Å². The molecular weight excluding hydrogens is 480 g/mol. The molecule has 4 heterocycles. The van der Waals surface area contributed by atoms with Crippen molar-refractivity contribution >= 4 is 52.4 Å². The van der Waals surface area contributed by atoms with Crippen LogP contribution in [0.2, 0.25) is 5.02 Å². The number of fused-ring (bicyclic) bond motifs is 1. The first-order valence-electron chi connectivity index (χ1n) is 9.34. The first kappa shape index (κ1) is 22.6. The summed E-state index contributed by atoms with van der Waals surface area (Å²) in [6.07, 6.45) is 2.86. The van der Waals surface area contributed by atoms with E-state index in [0.717, 1.165) is 18.3 Å². The van der Waals surface area contributed by atoms with Gasteiger partial charge >= 0.3 is 0 Å². The summed E-state index contributed by atoms with van der Waals surface area (Å²) in [5.41, 5.74) is 0.0101. The van der Waals surface area contributed by atoms with E-state index >= 15 is 0 Å². The second-order valence-electron chi connectivity index (χ2n) is 7.07. The topological polar surface area (TPSA) is 95.6 Å². The molecule has 3 aromatic heterocycles. The molecule has 1 fully saturated rings. The molecule has 0 spiro atoms. The molecule has 1 aliphatic rings. The van der Waals surface area contributed by atoms with Crippen LogP contribution in [-0.4, -0.2) is 44.0 Å². The highest BCUT2D eigenvalue weighted by atomic mass is 35.5. The molecule has 1 aromatic carbocycles. The monoisotopic (exact) mass is 492 g/mol. The van der Waals surface area contributed by atoms with Crippen LogP contribution in [0.4, 0.5) is 30.6 Å². The highest BCUT2D eigenvalue weighted by Gasteiger charge is 2.27. The minimum Gasteiger partial charge on any atom is -0.350 e. The van der Waals surface area contributed by atoms with Gasteiger partial charge in [-0.25, -0.2) is 32.8 Å². The maximum atomic E-state index is 14.4. The van der Waals surface area contributed by atoms with E-state index in [2.05, 4.69) is 25.4 Å². The van der Waals surface area contributed by atoms with Crippen molar-refractivity contribution in [2.45, 2.75) is 6.17 Å². The highest BCUT2D eigenvalue weighted by Crippen LogP contribution is 2.31. The summed E-state index contributed by atoms with van der Waals surface area (Å²) in [7, 11) is 0. The van der Waals surface area contributed by atoms with E-state index in [-0.39, 0.29) is 58.5 Å². The lowest BCUT2D eigenvalue weighted by molar-refractivity contribution is 0.273. The Balaban J connectivity index is 0.00000259. The second-order valence-corrected chi connectivity index (χ2v) is 7.48. The van der Waals surface area contributed by atoms with Crippen molar-refractivity contribution in [3.63, 3.8) is 0 Å². The summed E-state index contributed by atoms with van der Waals surface area (Å²) in [6.45, 7) is 0.504. The number of alkyl halides is 1. The summed E-state index contributed by atoms with van der Waals surface area (Å²) in [6, 6.07) is 5.54. The zero-order valence-corrected chi connectivity index (χ0v) is 18.1. The Bertz CT molecular complexity index is 1400. The number of hydrogen-bond donors (Lipinski definition) is 1. The quantitative estimate of drug-likeness (QED) is 0.452. The molecule has 168 valence electrons. The number of aromatic nitrogens is 5. The molecule has 1 aliphatic heterocycles. The Labute approximate surface area is 196 Å². The SMILES string of the molecule is Cl.N#Cc1cc(F)cc(Cl)c1-n1cc2c(Nc3cc(N4CC(F)C4)ncn3)ncc(F)c2n1. The average molecular weight is 493 g/mol. The Kier molecular flexibility index (Phi) is 5.97. The minimum atomic E-state index is -0.887. The van der Waals surface area contributed by atoms with Gasteiger partial charge in [0.1, 0.15) is 53.0 Å². The van der Waals surface area contributed by atoms with E-state index in [0.29, 0.717) is 11.6 Å². The first-order chi connectivity index (χ1) is 15.4. The zero-order chi connectivity index (χ0) is 22.4. The summed E-state index contributed by atoms with van der Waals surface area (Å²) in [5, 5.41) is 16.8. The van der Waals surface area contributed by atoms with Crippen LogP contribution in [0.15, 0.2) is 36.9 Å². The van der Waals surface area contributed by atoms with Gasteiger partial charge in [0.15, 0.2) is 5.82 Å². The van der Waals surface area contributed by atoms with Crippen molar-refractivity contribution in [2.75, 3.05) is 23.3 Å². The van der Waals surface area contributed by atoms with Gasteiger partial charge in [-0.3, -0.25) is 0 Å². The summed E-state index contributed by atoms with van der Waals surface area (Å²) >= 11 is 6.14. The Morgan fingerprint density at radius 2 is 1.94 bits per heavy atom. The van der Waals surface area contributed by atoms with Crippen LogP contribution in [0.5, 0.6) is 0 Å². The number of nitriles is 1. The number of rotatable bonds is 4. The number of nitrogens with zero attached hydrogens (tertiary/aromatic N) is 7. The molecule has 5 rings (SSSR count). The van der Waals surface area contributed by atoms with Gasteiger partial charge in [0, 0.05) is 12.3 Å². The molecule has 8 nitrogen and oxygen atoms in total. The number of anilines is 3. The fourth-order valence-corrected chi connectivity index (χ4v) is 3.69. The van der Waals surface area contributed by atoms with Gasteiger partial charge in [-0.05, 0) is 12.1 Å². The van der Waals surface area contributed by atoms with E-state index in [1.807, 2.05) is 6.07 Å². The Morgan fingerprint density at radius 1 is 1.15 bits per heavy atom. The highest BCUT2D eigenvalue weighted by molar-refractivity contribution is 6.32. The van der Waals surface area contributed by atoms with Gasteiger partial charge < -0.3 is 10.2 Å². The van der Waals surface area contributed by atoms with Crippen LogP contribution in [0.25, 0.3) is 16.6 Å². The van der Waals surface area contributed by atoms with E-state index in [4.69, 9.17) is 11.6 Å². The maximum absolute atomic E-state index is 14.4. The molecule has 0 bridgehead atoms. The van der Waals surface area contributed by atoms with Crippen LogP contribution >= 0.6 is 24.0 Å². The predicted molar refractivity (Wildman–Crippen MR) is 118 cm³/mol. The molecule has 0 aliphatic carbocycles. The van der Waals surface area contributed by atoms with Gasteiger partial charge in [0.2, 0.25) is 0 Å². The van der Waals surface area contributed by atoms with E-state index in [1.54, 1.807) is 11.0 Å². The van der Waals surface area contributed by atoms with E-state index < -0.39 is 17.8 Å². The fourth-order valence-electron chi connectivity index (χ4n) is 3.40. The third-order valence-corrected chi connectivity index (χ3v) is 5.23. The number of pyridine rings is 1. The van der Waals surface area contributed by atoms with Crippen LogP contribution in [0.3, 0.4) is 0 Å². The smallest absolute Gasteiger partial charge is 0.169 e. The lowest BCUT2D eigenvalue weighted by atomic mass is 10.2. The van der Waals surface area contributed by atoms with E-state index in [1.165, 1.54) is 17.2 Å². The number of nitrogens with one attached hydrogen (secondary N) is 1. The fraction of sp³-hybridized carbons (Fsp3) is 0.150. The average Bonchev–Trinajstić information content (AvgIpc) is 3.19. The van der Waals surface area contributed by atoms with Crippen molar-refractivity contribution in [1.82, 2.24) is 24.7 Å². The molecule has 1 N–H and O–H groups in total. The standard InChI is InChI=1S/C20H12ClF3N8.ClH/c21-14-2-11(22)1-10(4-25)19(14)32-8-13-18(30-32)15(24)5-26-20(13)29-16-3-17(28-9-27-16)31-6-12(23)7-31;/h1-3,5,8-9,12H,6-7H2,(H,26,27,28,29);1H. The minimum absolute atomic E-state index is 0. The third kappa shape index (κ3) is 4.10. The number of benzene rings is 1. The molecular formula is C20H13Cl2F3N8. The van der Waals surface area contributed by atoms with Gasteiger partial charge in [-0.15, -0.1) is 12.4 Å². The maximum Gasteiger partial charge on any atom is 0.169 e. The van der Waals surface area contributed by atoms with Crippen LogP contribution in [0, 0.1) is 23.0 Å². The molecule has 1 saturated heterocycles. The van der Waals surface area contributed by atoms with Crippen LogP contribution in [0.1, 0.15) is 5.56 Å². The van der Waals surface area contributed by atoms with Crippen molar-refractivity contribution in [1.29, 1.82) is 5.26 Å². The Hall–Kier alpha value is -3.62. The largest absolute Gasteiger partial charge is 0.350 e. The molecule has 13 heteroatoms. The summed E-state index contributed by atoms with van der Waals surface area (Å²) in [4.78, 5) is 14.1. The summed E-state index contributed by atoms with van der Waals surface area (Å²) in [5.74, 6) is -0.228. The lowest BCUT2D eigenvalue weighted by Crippen LogP contribution is -2.48. The molecule has 0 unspecified atom stereocenters. The predicted octanol–water partition coefficient (Wildman–Crippen LogP) is 4.34. The number of halogens is 5. The lowest BCUT2D eigenvalue weighted by Gasteiger charge is -2.35. The van der Waals surface area contributed by atoms with Gasteiger partial charge in [0.05, 0.1) is 35.3 Å². The molecule has 0 saturated carbocycles. The first-order valence-corrected chi connectivity index (χ1v) is 9.72. The van der Waals surface area contributed by atoms with Gasteiger partial charge in [-0.1, -0.05) is 11.6 Å². The summed E-state index contributed by atoms with van der Waals surface area (Å²) < 4.78 is 42.5. The molecule has 0 amide bonds. The van der Waals surface area contributed by atoms with Crippen molar-refractivity contribution in [3.05, 3.63) is 59.1 Å².